The summed E-state index contributed by atoms with van der Waals surface area (Å²) >= 11 is 0. The van der Waals surface area contributed by atoms with Crippen LogP contribution in [-0.4, -0.2) is 29.0 Å². The molecule has 1 unspecified atom stereocenters. The van der Waals surface area contributed by atoms with Crippen LogP contribution in [0.25, 0.3) is 17.0 Å². The molecule has 0 saturated carbocycles. The zero-order chi connectivity index (χ0) is 20.1. The van der Waals surface area contributed by atoms with E-state index in [0.717, 1.165) is 31.0 Å². The van der Waals surface area contributed by atoms with E-state index >= 15 is 0 Å². The summed E-state index contributed by atoms with van der Waals surface area (Å²) in [6.07, 6.45) is 11.2. The molecule has 1 fully saturated rings. The number of hydrogen-bond donors (Lipinski definition) is 2. The molecule has 0 radical (unpaired) electrons. The smallest absolute Gasteiger partial charge is 0.150 e. The van der Waals surface area contributed by atoms with E-state index < -0.39 is 0 Å². The lowest BCUT2D eigenvalue weighted by molar-refractivity contribution is 0.325. The summed E-state index contributed by atoms with van der Waals surface area (Å²) in [5.74, 6) is 0.939. The third kappa shape index (κ3) is 4.99. The molecule has 0 bridgehead atoms. The van der Waals surface area contributed by atoms with Crippen molar-refractivity contribution in [3.8, 4) is 11.3 Å². The van der Waals surface area contributed by atoms with Gasteiger partial charge >= 0.3 is 0 Å². The molecular formula is C25H34N4. The molecule has 1 aromatic carbocycles. The number of aryl methyl sites for hydroxylation is 1. The highest BCUT2D eigenvalue weighted by Crippen LogP contribution is 2.31. The fourth-order valence-electron chi connectivity index (χ4n) is 4.37. The Bertz CT molecular complexity index is 852. The highest BCUT2D eigenvalue weighted by molar-refractivity contribution is 5.76. The van der Waals surface area contributed by atoms with Gasteiger partial charge in [-0.2, -0.15) is 0 Å². The molecule has 0 spiro atoms. The Labute approximate surface area is 175 Å². The highest BCUT2D eigenvalue weighted by atomic mass is 15.4. The summed E-state index contributed by atoms with van der Waals surface area (Å²) < 4.78 is 0. The maximum atomic E-state index is 5.07. The van der Waals surface area contributed by atoms with E-state index in [4.69, 9.17) is 4.98 Å². The van der Waals surface area contributed by atoms with E-state index in [-0.39, 0.29) is 0 Å². The van der Waals surface area contributed by atoms with Gasteiger partial charge < -0.3 is 10.3 Å². The van der Waals surface area contributed by atoms with Gasteiger partial charge in [-0.1, -0.05) is 36.3 Å². The third-order valence-corrected chi connectivity index (χ3v) is 6.05. The SMILES string of the molecule is Cc1cccc(-c2ccc3c(n2)NNC(C)CCCCC=C3N2CCCCC2)c1. The van der Waals surface area contributed by atoms with Crippen LogP contribution in [0.3, 0.4) is 0 Å². The maximum absolute atomic E-state index is 5.07. The van der Waals surface area contributed by atoms with Crippen molar-refractivity contribution in [3.63, 3.8) is 0 Å². The number of hydrogen-bond acceptors (Lipinski definition) is 4. The van der Waals surface area contributed by atoms with Crippen LogP contribution < -0.4 is 10.9 Å². The molecule has 3 heterocycles. The minimum absolute atomic E-state index is 0.420. The van der Waals surface area contributed by atoms with Crippen molar-refractivity contribution in [2.75, 3.05) is 18.5 Å². The van der Waals surface area contributed by atoms with Crippen molar-refractivity contribution in [2.24, 2.45) is 0 Å². The standard InChI is InChI=1S/C25H34N4/c1-19-10-9-12-21(18-19)23-15-14-22-24(29-16-7-4-8-17-29)13-6-3-5-11-20(2)27-28-25(22)26-23/h9-10,12-15,18,20,27H,3-8,11,16-17H2,1-2H3,(H,26,28). The van der Waals surface area contributed by atoms with Crippen molar-refractivity contribution in [3.05, 3.63) is 53.6 Å². The van der Waals surface area contributed by atoms with Crippen molar-refractivity contribution < 1.29 is 0 Å². The van der Waals surface area contributed by atoms with Gasteiger partial charge in [-0.3, -0.25) is 0 Å². The number of rotatable bonds is 2. The van der Waals surface area contributed by atoms with Crippen LogP contribution in [0.15, 0.2) is 42.5 Å². The van der Waals surface area contributed by atoms with E-state index in [1.165, 1.54) is 60.9 Å². The lowest BCUT2D eigenvalue weighted by atomic mass is 10.0. The van der Waals surface area contributed by atoms with E-state index in [0.29, 0.717) is 6.04 Å². The minimum atomic E-state index is 0.420. The molecule has 154 valence electrons. The first-order valence-corrected chi connectivity index (χ1v) is 11.3. The van der Waals surface area contributed by atoms with Gasteiger partial charge in [0, 0.05) is 36.0 Å². The van der Waals surface area contributed by atoms with Crippen molar-refractivity contribution >= 4 is 11.5 Å². The quantitative estimate of drug-likeness (QED) is 0.684. The molecular weight excluding hydrogens is 356 g/mol. The predicted molar refractivity (Wildman–Crippen MR) is 122 cm³/mol. The average molecular weight is 391 g/mol. The van der Waals surface area contributed by atoms with Crippen molar-refractivity contribution in [1.29, 1.82) is 0 Å². The van der Waals surface area contributed by atoms with Crippen LogP contribution in [0, 0.1) is 6.92 Å². The van der Waals surface area contributed by atoms with Crippen LogP contribution in [0.4, 0.5) is 5.82 Å². The predicted octanol–water partition coefficient (Wildman–Crippen LogP) is 5.76. The molecule has 4 rings (SSSR count). The number of nitrogens with one attached hydrogen (secondary N) is 2. The zero-order valence-corrected chi connectivity index (χ0v) is 17.9. The molecule has 2 aromatic rings. The van der Waals surface area contributed by atoms with Crippen LogP contribution in [-0.2, 0) is 0 Å². The van der Waals surface area contributed by atoms with Crippen LogP contribution >= 0.6 is 0 Å². The Kier molecular flexibility index (Phi) is 6.50. The largest absolute Gasteiger partial charge is 0.371 e. The van der Waals surface area contributed by atoms with E-state index in [2.05, 4.69) is 72.1 Å². The Morgan fingerprint density at radius 3 is 2.69 bits per heavy atom. The molecule has 2 aliphatic rings. The number of piperidine rings is 1. The fourth-order valence-corrected chi connectivity index (χ4v) is 4.37. The van der Waals surface area contributed by atoms with Gasteiger partial charge in [0.2, 0.25) is 0 Å². The maximum Gasteiger partial charge on any atom is 0.150 e. The van der Waals surface area contributed by atoms with Crippen LogP contribution in [0.5, 0.6) is 0 Å². The minimum Gasteiger partial charge on any atom is -0.371 e. The fraction of sp³-hybridized carbons (Fsp3) is 0.480. The molecule has 4 heteroatoms. The van der Waals surface area contributed by atoms with Gasteiger partial charge in [0.05, 0.1) is 5.69 Å². The van der Waals surface area contributed by atoms with Crippen molar-refractivity contribution in [1.82, 2.24) is 15.3 Å². The number of nitrogens with zero attached hydrogens (tertiary/aromatic N) is 2. The monoisotopic (exact) mass is 390 g/mol. The van der Waals surface area contributed by atoms with E-state index in [1.54, 1.807) is 0 Å². The van der Waals surface area contributed by atoms with Gasteiger partial charge in [-0.25, -0.2) is 10.4 Å². The molecule has 0 aliphatic carbocycles. The molecule has 1 atom stereocenters. The number of allylic oxidation sites excluding steroid dienone is 1. The first-order chi connectivity index (χ1) is 14.2. The number of benzene rings is 1. The molecule has 2 N–H and O–H groups in total. The van der Waals surface area contributed by atoms with Gasteiger partial charge in [0.1, 0.15) is 5.82 Å². The van der Waals surface area contributed by atoms with Crippen LogP contribution in [0.1, 0.15) is 63.0 Å². The normalized spacial score (nSPS) is 20.8. The first-order valence-electron chi connectivity index (χ1n) is 11.3. The number of pyridine rings is 1. The number of hydrazine groups is 1. The van der Waals surface area contributed by atoms with Crippen LogP contribution in [0.2, 0.25) is 0 Å². The second-order valence-corrected chi connectivity index (χ2v) is 8.55. The summed E-state index contributed by atoms with van der Waals surface area (Å²) in [4.78, 5) is 7.64. The third-order valence-electron chi connectivity index (χ3n) is 6.05. The van der Waals surface area contributed by atoms with Gasteiger partial charge in [0.15, 0.2) is 0 Å². The van der Waals surface area contributed by atoms with E-state index in [1.807, 2.05) is 0 Å². The summed E-state index contributed by atoms with van der Waals surface area (Å²) in [5.41, 5.74) is 13.0. The van der Waals surface area contributed by atoms with Gasteiger partial charge in [-0.15, -0.1) is 0 Å². The number of likely N-dealkylation sites (tertiary alicyclic amines) is 1. The molecule has 0 amide bonds. The second-order valence-electron chi connectivity index (χ2n) is 8.55. The Balaban J connectivity index is 1.74. The Morgan fingerprint density at radius 1 is 1.00 bits per heavy atom. The first kappa shape index (κ1) is 20.0. The zero-order valence-electron chi connectivity index (χ0n) is 17.9. The highest BCUT2D eigenvalue weighted by Gasteiger charge is 2.20. The lowest BCUT2D eigenvalue weighted by Crippen LogP contribution is -2.33. The summed E-state index contributed by atoms with van der Waals surface area (Å²) in [6, 6.07) is 13.4. The number of aromatic nitrogens is 1. The summed E-state index contributed by atoms with van der Waals surface area (Å²) in [6.45, 7) is 6.67. The van der Waals surface area contributed by atoms with Gasteiger partial charge in [-0.05, 0) is 70.6 Å². The molecule has 1 aromatic heterocycles. The molecule has 1 saturated heterocycles. The Hall–Kier alpha value is -2.33. The summed E-state index contributed by atoms with van der Waals surface area (Å²) in [7, 11) is 0. The summed E-state index contributed by atoms with van der Waals surface area (Å²) in [5, 5.41) is 0. The topological polar surface area (TPSA) is 40.2 Å². The Morgan fingerprint density at radius 2 is 1.86 bits per heavy atom. The average Bonchev–Trinajstić information content (AvgIpc) is 2.78. The lowest BCUT2D eigenvalue weighted by Gasteiger charge is -2.32. The van der Waals surface area contributed by atoms with Gasteiger partial charge in [0.25, 0.3) is 0 Å². The molecule has 2 aliphatic heterocycles. The van der Waals surface area contributed by atoms with E-state index in [9.17, 15) is 0 Å². The van der Waals surface area contributed by atoms with Crippen molar-refractivity contribution in [2.45, 2.75) is 64.8 Å². The number of anilines is 1. The molecule has 29 heavy (non-hydrogen) atoms. The number of fused-ring (bicyclic) bond motifs is 1. The molecule has 4 nitrogen and oxygen atoms in total. The second kappa shape index (κ2) is 9.45.